The third-order valence-electron chi connectivity index (χ3n) is 21.5. The summed E-state index contributed by atoms with van der Waals surface area (Å²) >= 11 is 0. The number of likely N-dealkylation sites (tertiary alicyclic amines) is 2. The molecule has 0 amide bonds. The Bertz CT molecular complexity index is 3570. The van der Waals surface area contributed by atoms with E-state index in [0.717, 1.165) is 73.0 Å². The predicted molar refractivity (Wildman–Crippen MR) is 371 cm³/mol. The van der Waals surface area contributed by atoms with Gasteiger partial charge in [0.05, 0.1) is 48.4 Å². The second kappa shape index (κ2) is 30.1. The maximum absolute atomic E-state index is 14.1. The van der Waals surface area contributed by atoms with E-state index in [-0.39, 0.29) is 84.3 Å². The molecule has 0 bridgehead atoms. The molecule has 0 radical (unpaired) electrons. The Kier molecular flexibility index (Phi) is 20.9. The first kappa shape index (κ1) is 66.5. The van der Waals surface area contributed by atoms with Gasteiger partial charge >= 0.3 is 0 Å². The largest absolute Gasteiger partial charge is 0.390 e. The van der Waals surface area contributed by atoms with Crippen LogP contribution in [0.3, 0.4) is 0 Å². The van der Waals surface area contributed by atoms with E-state index in [1.54, 1.807) is 12.7 Å². The van der Waals surface area contributed by atoms with Crippen molar-refractivity contribution in [3.05, 3.63) is 203 Å². The molecule has 2 aliphatic carbocycles. The van der Waals surface area contributed by atoms with Crippen molar-refractivity contribution < 1.29 is 39.6 Å². The molecule has 2 saturated carbocycles. The van der Waals surface area contributed by atoms with Gasteiger partial charge < -0.3 is 40.2 Å². The van der Waals surface area contributed by atoms with E-state index in [1.807, 2.05) is 71.5 Å². The van der Waals surface area contributed by atoms with Crippen molar-refractivity contribution in [2.75, 3.05) is 36.8 Å². The summed E-state index contributed by atoms with van der Waals surface area (Å²) in [7, 11) is 0. The highest BCUT2D eigenvalue weighted by Crippen LogP contribution is 2.44. The summed E-state index contributed by atoms with van der Waals surface area (Å²) in [5, 5.41) is 52.9. The van der Waals surface area contributed by atoms with Crippen molar-refractivity contribution in [3.8, 4) is 0 Å². The van der Waals surface area contributed by atoms with Crippen LogP contribution in [0.4, 0.5) is 11.6 Å². The monoisotopic (exact) mass is 1300 g/mol. The van der Waals surface area contributed by atoms with Crippen molar-refractivity contribution in [1.82, 2.24) is 28.9 Å². The molecule has 4 aliphatic heterocycles. The molecule has 2 aromatic heterocycles. The smallest absolute Gasteiger partial charge is 0.177 e. The second-order valence-electron chi connectivity index (χ2n) is 28.0. The van der Waals surface area contributed by atoms with Crippen molar-refractivity contribution >= 4 is 46.2 Å². The minimum absolute atomic E-state index is 0.0591. The van der Waals surface area contributed by atoms with Crippen LogP contribution in [-0.2, 0) is 32.0 Å². The highest BCUT2D eigenvalue weighted by Gasteiger charge is 2.47. The summed E-state index contributed by atoms with van der Waals surface area (Å²) in [5.74, 6) is 1.56. The van der Waals surface area contributed by atoms with Crippen LogP contribution in [0.15, 0.2) is 168 Å². The molecule has 6 N–H and O–H groups in total. The number of nitrogens with zero attached hydrogens (tertiary/aromatic N) is 8. The van der Waals surface area contributed by atoms with E-state index in [1.165, 1.54) is 22.3 Å². The predicted octanol–water partition coefficient (Wildman–Crippen LogP) is 10.7. The highest BCUT2D eigenvalue weighted by molar-refractivity contribution is 6.05. The molecule has 502 valence electrons. The number of carbonyl (C=O) groups is 4. The third-order valence-corrected chi connectivity index (χ3v) is 21.5. The zero-order chi connectivity index (χ0) is 66.4. The lowest BCUT2D eigenvalue weighted by molar-refractivity contribution is -0.121. The lowest BCUT2D eigenvalue weighted by atomic mass is 9.86. The van der Waals surface area contributed by atoms with Gasteiger partial charge in [-0.3, -0.25) is 29.0 Å². The SMILES string of the molecule is CCC(=O)C[C@H]1C[C@@H](n2cnc3c2NC(N2CC[C@@H](CC(=O)Cc4cccc(CC(=O)C[C@@H]5CCN(C6N=C(CCC(c7ccccc7)c7ccccc7)c7ncn([C@@H]8C[C@H](CC(=O)CC)[C@@H](O)[C@H]8O)c7N6)C5)c4)C2)N=C3CCC(c2ccccc2)c2ccccc2)[C@H](O)[C@@H]1O. The number of aliphatic imine (C=N–C) groups is 2. The molecule has 96 heavy (non-hydrogen) atoms. The number of hydrogen-bond acceptors (Lipinski definition) is 16. The molecule has 12 atom stereocenters. The van der Waals surface area contributed by atoms with Crippen molar-refractivity contribution in [3.63, 3.8) is 0 Å². The first-order valence-corrected chi connectivity index (χ1v) is 35.1. The second-order valence-corrected chi connectivity index (χ2v) is 28.0. The molecular weight excluding hydrogens is 1200 g/mol. The summed E-state index contributed by atoms with van der Waals surface area (Å²) in [6.45, 7) is 6.39. The molecule has 2 saturated heterocycles. The number of imidazole rings is 2. The molecule has 2 unspecified atom stereocenters. The number of hydrogen-bond donors (Lipinski definition) is 6. The van der Waals surface area contributed by atoms with Gasteiger partial charge in [0.15, 0.2) is 12.6 Å². The summed E-state index contributed by atoms with van der Waals surface area (Å²) < 4.78 is 3.90. The number of anilines is 2. The highest BCUT2D eigenvalue weighted by atomic mass is 16.3. The quantitative estimate of drug-likeness (QED) is 0.0268. The maximum Gasteiger partial charge on any atom is 0.177 e. The summed E-state index contributed by atoms with van der Waals surface area (Å²) in [5.41, 5.74) is 9.78. The van der Waals surface area contributed by atoms with Crippen LogP contribution in [0, 0.1) is 23.7 Å². The van der Waals surface area contributed by atoms with Crippen LogP contribution >= 0.6 is 0 Å². The van der Waals surface area contributed by atoms with E-state index in [2.05, 4.69) is 117 Å². The average Bonchev–Trinajstić information content (AvgIpc) is 1.60. The van der Waals surface area contributed by atoms with Crippen LogP contribution in [0.5, 0.6) is 0 Å². The van der Waals surface area contributed by atoms with Crippen LogP contribution in [0.25, 0.3) is 0 Å². The Hall–Kier alpha value is -8.10. The fourth-order valence-electron chi connectivity index (χ4n) is 16.4. The first-order valence-electron chi connectivity index (χ1n) is 35.1. The van der Waals surface area contributed by atoms with Gasteiger partial charge in [-0.1, -0.05) is 159 Å². The molecule has 0 spiro atoms. The van der Waals surface area contributed by atoms with Crippen molar-refractivity contribution in [2.24, 2.45) is 33.7 Å². The number of nitrogens with one attached hydrogen (secondary N) is 2. The summed E-state index contributed by atoms with van der Waals surface area (Å²) in [6, 6.07) is 49.0. The minimum Gasteiger partial charge on any atom is -0.390 e. The number of ketones is 4. The Morgan fingerprint density at radius 1 is 0.479 bits per heavy atom. The molecule has 13 rings (SSSR count). The molecule has 6 heterocycles. The first-order chi connectivity index (χ1) is 46.7. The number of fused-ring (bicyclic) bond motifs is 2. The van der Waals surface area contributed by atoms with E-state index in [0.29, 0.717) is 75.8 Å². The van der Waals surface area contributed by atoms with Crippen LogP contribution < -0.4 is 10.6 Å². The van der Waals surface area contributed by atoms with Gasteiger partial charge in [0.25, 0.3) is 0 Å². The molecular formula is C78H92N10O8. The van der Waals surface area contributed by atoms with Crippen molar-refractivity contribution in [1.29, 1.82) is 0 Å². The average molecular weight is 1300 g/mol. The van der Waals surface area contributed by atoms with Gasteiger partial charge in [-0.05, 0) is 108 Å². The zero-order valence-corrected chi connectivity index (χ0v) is 55.2. The molecule has 18 nitrogen and oxygen atoms in total. The van der Waals surface area contributed by atoms with E-state index in [9.17, 15) is 39.6 Å². The van der Waals surface area contributed by atoms with Gasteiger partial charge in [0.1, 0.15) is 58.4 Å². The van der Waals surface area contributed by atoms with Gasteiger partial charge in [-0.25, -0.2) is 20.0 Å². The molecule has 7 aromatic rings. The van der Waals surface area contributed by atoms with Gasteiger partial charge in [0.2, 0.25) is 0 Å². The van der Waals surface area contributed by atoms with Crippen LogP contribution in [0.1, 0.15) is 172 Å². The van der Waals surface area contributed by atoms with Crippen LogP contribution in [0.2, 0.25) is 0 Å². The summed E-state index contributed by atoms with van der Waals surface area (Å²) in [4.78, 5) is 78.6. The number of aromatic nitrogens is 4. The molecule has 6 aliphatic rings. The Balaban J connectivity index is 0.646. The lowest BCUT2D eigenvalue weighted by Gasteiger charge is -2.32. The van der Waals surface area contributed by atoms with E-state index < -0.39 is 49.1 Å². The number of Topliss-reactive ketones (excluding diaryl/α,β-unsaturated/α-hetero) is 4. The lowest BCUT2D eigenvalue weighted by Crippen LogP contribution is -2.42. The normalized spacial score (nSPS) is 25.7. The Labute approximate surface area is 563 Å². The third kappa shape index (κ3) is 14.9. The Morgan fingerprint density at radius 3 is 1.22 bits per heavy atom. The van der Waals surface area contributed by atoms with Gasteiger partial charge in [0, 0.05) is 89.4 Å². The zero-order valence-electron chi connectivity index (χ0n) is 55.2. The van der Waals surface area contributed by atoms with E-state index >= 15 is 0 Å². The number of rotatable bonds is 28. The standard InChI is InChI=1S/C78H92N10O8/c1-3-59(89)41-57-43-67(73(95)71(57)93)87-47-79-69-65(30-28-63(53-20-9-5-10-21-53)54-22-11-6-12-23-54)81-77(83-75(69)87)85-34-32-51(45-85)39-61(91)37-49-18-17-19-50(36-49)38-62(92)40-52-33-35-86(46-52)78-82-66(31-29-64(55-24-13-7-14-25-55)56-26-15-8-16-27-56)70-76(84-78)88(48-80-70)68-44-58(42-60(90)4-2)72(94)74(68)96/h5-27,36,47-48,51-52,57-58,63-64,67-68,71-74,77-78,83-84,93-96H,3-4,28-35,37-46H2,1-2H3/t51-,52-,57-,58-,67+,68+,71+,72+,73-,74-,77?,78?/m0/s1. The molecule has 5 aromatic carbocycles. The van der Waals surface area contributed by atoms with Crippen molar-refractivity contribution in [2.45, 2.75) is 177 Å². The summed E-state index contributed by atoms with van der Waals surface area (Å²) in [6.07, 6.45) is 6.16. The minimum atomic E-state index is -1.08. The van der Waals surface area contributed by atoms with Gasteiger partial charge in [-0.15, -0.1) is 0 Å². The number of benzene rings is 5. The topological polar surface area (TPSA) is 240 Å². The maximum atomic E-state index is 14.1. The fraction of sp³-hybridized carbons (Fsp3) is 0.462. The van der Waals surface area contributed by atoms with E-state index in [4.69, 9.17) is 20.0 Å². The van der Waals surface area contributed by atoms with Crippen LogP contribution in [-0.4, -0.2) is 147 Å². The van der Waals surface area contributed by atoms with Gasteiger partial charge in [-0.2, -0.15) is 0 Å². The molecule has 18 heteroatoms. The molecule has 4 fully saturated rings. The number of aliphatic hydroxyl groups excluding tert-OH is 4. The fourth-order valence-corrected chi connectivity index (χ4v) is 16.4. The number of carbonyl (C=O) groups excluding carboxylic acids is 4. The Morgan fingerprint density at radius 2 is 0.854 bits per heavy atom. The number of aliphatic hydroxyl groups is 4.